The highest BCUT2D eigenvalue weighted by molar-refractivity contribution is 5.82. The number of hydrogen-bond acceptors (Lipinski definition) is 5. The number of nitrogens with one attached hydrogen (secondary N) is 1. The summed E-state index contributed by atoms with van der Waals surface area (Å²) in [4.78, 5) is 22.6. The number of ether oxygens (including phenoxy) is 2. The zero-order chi connectivity index (χ0) is 13.3. The molecule has 0 radical (unpaired) electrons. The Labute approximate surface area is 99.9 Å². The van der Waals surface area contributed by atoms with Crippen molar-refractivity contribution in [2.24, 2.45) is 0 Å². The van der Waals surface area contributed by atoms with Crippen molar-refractivity contribution < 1.29 is 24.2 Å². The Morgan fingerprint density at radius 2 is 1.82 bits per heavy atom. The molecule has 0 aromatic rings. The van der Waals surface area contributed by atoms with Gasteiger partial charge in [0.15, 0.2) is 6.04 Å². The molecule has 17 heavy (non-hydrogen) atoms. The molecule has 0 fully saturated rings. The molecular weight excluding hydrogens is 226 g/mol. The van der Waals surface area contributed by atoms with Crippen molar-refractivity contribution in [2.75, 3.05) is 13.2 Å². The number of amides is 1. The quantitative estimate of drug-likeness (QED) is 0.498. The Hall–Kier alpha value is -1.82. The van der Waals surface area contributed by atoms with Crippen molar-refractivity contribution in [2.45, 2.75) is 19.1 Å². The van der Waals surface area contributed by atoms with Crippen LogP contribution in [0.25, 0.3) is 0 Å². The molecule has 6 nitrogen and oxygen atoms in total. The molecule has 2 atom stereocenters. The van der Waals surface area contributed by atoms with Gasteiger partial charge in [-0.05, 0) is 6.92 Å². The molecular formula is C11H17NO5. The maximum Gasteiger partial charge on any atom is 0.408 e. The van der Waals surface area contributed by atoms with E-state index in [0.29, 0.717) is 0 Å². The van der Waals surface area contributed by atoms with Gasteiger partial charge in [0.05, 0.1) is 6.10 Å². The van der Waals surface area contributed by atoms with Crippen molar-refractivity contribution in [3.8, 4) is 0 Å². The molecule has 0 aliphatic rings. The smallest absolute Gasteiger partial charge is 0.408 e. The third kappa shape index (κ3) is 6.36. The summed E-state index contributed by atoms with van der Waals surface area (Å²) in [6.45, 7) is 8.12. The summed E-state index contributed by atoms with van der Waals surface area (Å²) in [6.07, 6.45) is 0.843. The minimum absolute atomic E-state index is 0.00540. The first kappa shape index (κ1) is 15.2. The first-order valence-corrected chi connectivity index (χ1v) is 5.02. The molecule has 96 valence electrons. The average molecular weight is 243 g/mol. The van der Waals surface area contributed by atoms with Gasteiger partial charge >= 0.3 is 12.1 Å². The van der Waals surface area contributed by atoms with Gasteiger partial charge in [-0.15, -0.1) is 0 Å². The van der Waals surface area contributed by atoms with Crippen molar-refractivity contribution in [1.82, 2.24) is 5.32 Å². The van der Waals surface area contributed by atoms with Gasteiger partial charge < -0.3 is 19.9 Å². The lowest BCUT2D eigenvalue weighted by molar-refractivity contribution is -0.147. The Morgan fingerprint density at radius 1 is 1.29 bits per heavy atom. The van der Waals surface area contributed by atoms with Gasteiger partial charge in [0.25, 0.3) is 0 Å². The fourth-order valence-electron chi connectivity index (χ4n) is 0.911. The molecule has 0 aromatic heterocycles. The highest BCUT2D eigenvalue weighted by atomic mass is 16.6. The minimum atomic E-state index is -1.17. The van der Waals surface area contributed by atoms with E-state index in [4.69, 9.17) is 4.74 Å². The Kier molecular flexibility index (Phi) is 7.45. The molecule has 0 spiro atoms. The third-order valence-corrected chi connectivity index (χ3v) is 1.69. The number of alkyl carbamates (subject to hydrolysis) is 1. The van der Waals surface area contributed by atoms with E-state index in [0.717, 1.165) is 0 Å². The second-order valence-electron chi connectivity index (χ2n) is 3.17. The Bertz CT molecular complexity index is 288. The van der Waals surface area contributed by atoms with Crippen LogP contribution in [0.1, 0.15) is 6.92 Å². The molecule has 0 heterocycles. The first-order valence-electron chi connectivity index (χ1n) is 5.02. The van der Waals surface area contributed by atoms with Gasteiger partial charge in [0, 0.05) is 0 Å². The molecule has 0 aromatic carbocycles. The summed E-state index contributed by atoms with van der Waals surface area (Å²) in [6, 6.07) is -1.17. The van der Waals surface area contributed by atoms with Crippen LogP contribution in [0.4, 0.5) is 4.79 Å². The van der Waals surface area contributed by atoms with Crippen molar-refractivity contribution >= 4 is 12.1 Å². The van der Waals surface area contributed by atoms with Crippen molar-refractivity contribution in [3.63, 3.8) is 0 Å². The predicted octanol–water partition coefficient (Wildman–Crippen LogP) is 0.377. The molecule has 0 rings (SSSR count). The summed E-state index contributed by atoms with van der Waals surface area (Å²) in [7, 11) is 0. The number of carbonyl (C=O) groups is 2. The normalized spacial score (nSPS) is 13.1. The van der Waals surface area contributed by atoms with Gasteiger partial charge in [0.2, 0.25) is 0 Å². The van der Waals surface area contributed by atoms with E-state index in [9.17, 15) is 14.7 Å². The maximum atomic E-state index is 11.4. The highest BCUT2D eigenvalue weighted by Crippen LogP contribution is 1.98. The van der Waals surface area contributed by atoms with Crippen LogP contribution in [0.15, 0.2) is 25.3 Å². The van der Waals surface area contributed by atoms with E-state index in [1.165, 1.54) is 19.1 Å². The number of aliphatic hydroxyl groups is 1. The summed E-state index contributed by atoms with van der Waals surface area (Å²) < 4.78 is 9.33. The fraction of sp³-hybridized carbons (Fsp3) is 0.455. The van der Waals surface area contributed by atoms with Crippen molar-refractivity contribution in [3.05, 3.63) is 25.3 Å². The zero-order valence-corrected chi connectivity index (χ0v) is 9.72. The number of carbonyl (C=O) groups excluding carboxylic acids is 2. The Morgan fingerprint density at radius 3 is 2.29 bits per heavy atom. The maximum absolute atomic E-state index is 11.4. The van der Waals surface area contributed by atoms with E-state index in [1.54, 1.807) is 0 Å². The van der Waals surface area contributed by atoms with Crippen LogP contribution >= 0.6 is 0 Å². The van der Waals surface area contributed by atoms with Gasteiger partial charge in [0.1, 0.15) is 13.2 Å². The predicted molar refractivity (Wildman–Crippen MR) is 61.3 cm³/mol. The fourth-order valence-corrected chi connectivity index (χ4v) is 0.911. The standard InChI is InChI=1S/C11H17NO5/c1-4-6-16-10(14)9(8(3)13)12-11(15)17-7-5-2/h4-5,8-9,13H,1-2,6-7H2,3H3,(H,12,15)/t8-,9+/m1/s1. The van der Waals surface area contributed by atoms with Crippen LogP contribution in [-0.2, 0) is 14.3 Å². The van der Waals surface area contributed by atoms with Crippen LogP contribution in [-0.4, -0.2) is 42.5 Å². The lowest BCUT2D eigenvalue weighted by Crippen LogP contribution is -2.48. The van der Waals surface area contributed by atoms with Gasteiger partial charge in [-0.3, -0.25) is 0 Å². The summed E-state index contributed by atoms with van der Waals surface area (Å²) >= 11 is 0. The molecule has 0 bridgehead atoms. The molecule has 0 saturated heterocycles. The molecule has 2 N–H and O–H groups in total. The van der Waals surface area contributed by atoms with Crippen molar-refractivity contribution in [1.29, 1.82) is 0 Å². The van der Waals surface area contributed by atoms with E-state index >= 15 is 0 Å². The van der Waals surface area contributed by atoms with Crippen LogP contribution in [0, 0.1) is 0 Å². The molecule has 6 heteroatoms. The molecule has 0 saturated carbocycles. The van der Waals surface area contributed by atoms with E-state index in [-0.39, 0.29) is 13.2 Å². The average Bonchev–Trinajstić information content (AvgIpc) is 2.29. The number of aliphatic hydroxyl groups excluding tert-OH is 1. The monoisotopic (exact) mass is 243 g/mol. The molecule has 0 unspecified atom stereocenters. The topological polar surface area (TPSA) is 84.9 Å². The Balaban J connectivity index is 4.32. The second-order valence-corrected chi connectivity index (χ2v) is 3.17. The van der Waals surface area contributed by atoms with Gasteiger partial charge in [-0.1, -0.05) is 25.3 Å². The van der Waals surface area contributed by atoms with Crippen LogP contribution in [0.3, 0.4) is 0 Å². The van der Waals surface area contributed by atoms with Crippen LogP contribution < -0.4 is 5.32 Å². The van der Waals surface area contributed by atoms with E-state index in [2.05, 4.69) is 23.2 Å². The summed E-state index contributed by atoms with van der Waals surface area (Å²) in [5.41, 5.74) is 0. The number of rotatable bonds is 7. The summed E-state index contributed by atoms with van der Waals surface area (Å²) in [5.74, 6) is -0.754. The zero-order valence-electron chi connectivity index (χ0n) is 9.72. The third-order valence-electron chi connectivity index (χ3n) is 1.69. The van der Waals surface area contributed by atoms with Crippen LogP contribution in [0.2, 0.25) is 0 Å². The van der Waals surface area contributed by atoms with E-state index < -0.39 is 24.2 Å². The van der Waals surface area contributed by atoms with Gasteiger partial charge in [-0.2, -0.15) is 0 Å². The lowest BCUT2D eigenvalue weighted by Gasteiger charge is -2.19. The molecule has 1 amide bonds. The lowest BCUT2D eigenvalue weighted by atomic mass is 10.2. The number of hydrogen-bond donors (Lipinski definition) is 2. The molecule has 0 aliphatic carbocycles. The number of esters is 1. The molecule has 0 aliphatic heterocycles. The van der Waals surface area contributed by atoms with E-state index in [1.807, 2.05) is 0 Å². The summed E-state index contributed by atoms with van der Waals surface area (Å²) in [5, 5.41) is 11.5. The SMILES string of the molecule is C=CCOC(=O)N[C@H](C(=O)OCC=C)[C@@H](C)O. The first-order chi connectivity index (χ1) is 8.02. The second kappa shape index (κ2) is 8.35. The van der Waals surface area contributed by atoms with Gasteiger partial charge in [-0.25, -0.2) is 9.59 Å². The van der Waals surface area contributed by atoms with Crippen LogP contribution in [0.5, 0.6) is 0 Å². The largest absolute Gasteiger partial charge is 0.460 e. The minimum Gasteiger partial charge on any atom is -0.460 e. The highest BCUT2D eigenvalue weighted by Gasteiger charge is 2.27.